The van der Waals surface area contributed by atoms with E-state index in [1.807, 2.05) is 0 Å². The summed E-state index contributed by atoms with van der Waals surface area (Å²) in [5.41, 5.74) is 0.832. The van der Waals surface area contributed by atoms with Crippen LogP contribution in [0.5, 0.6) is 0 Å². The van der Waals surface area contributed by atoms with Crippen LogP contribution in [0.2, 0.25) is 0 Å². The monoisotopic (exact) mass is 281 g/mol. The summed E-state index contributed by atoms with van der Waals surface area (Å²) in [6.45, 7) is 2.76. The Kier molecular flexibility index (Phi) is 4.79. The number of hydrogen-bond donors (Lipinski definition) is 1. The number of H-pyrrole nitrogens is 1. The van der Waals surface area contributed by atoms with E-state index in [9.17, 15) is 9.18 Å². The second-order valence-electron chi connectivity index (χ2n) is 4.23. The molecule has 1 heterocycles. The van der Waals surface area contributed by atoms with Crippen molar-refractivity contribution in [3.8, 4) is 0 Å². The van der Waals surface area contributed by atoms with Crippen LogP contribution in [0, 0.1) is 5.82 Å². The number of halogens is 1. The predicted molar refractivity (Wildman–Crippen MR) is 73.7 cm³/mol. The third-order valence-corrected chi connectivity index (χ3v) is 3.79. The Hall–Kier alpha value is -1.56. The molecule has 1 aromatic heterocycles. The summed E-state index contributed by atoms with van der Waals surface area (Å²) in [4.78, 5) is 11.6. The van der Waals surface area contributed by atoms with Crippen LogP contribution >= 0.6 is 11.8 Å². The van der Waals surface area contributed by atoms with Gasteiger partial charge in [-0.2, -0.15) is 0 Å². The summed E-state index contributed by atoms with van der Waals surface area (Å²) >= 11 is 1.48. The first-order valence-corrected chi connectivity index (χ1v) is 7.21. The SMILES string of the molecule is CCCCn1c(SCc2ccc(F)cc2)n[nH]c1=O. The lowest BCUT2D eigenvalue weighted by atomic mass is 10.2. The van der Waals surface area contributed by atoms with Crippen molar-refractivity contribution in [1.29, 1.82) is 0 Å². The van der Waals surface area contributed by atoms with E-state index in [1.54, 1.807) is 16.7 Å². The van der Waals surface area contributed by atoms with Gasteiger partial charge in [0.15, 0.2) is 5.16 Å². The van der Waals surface area contributed by atoms with Crippen molar-refractivity contribution in [3.63, 3.8) is 0 Å². The first kappa shape index (κ1) is 13.9. The number of aromatic nitrogens is 3. The minimum absolute atomic E-state index is 0.171. The quantitative estimate of drug-likeness (QED) is 0.828. The highest BCUT2D eigenvalue weighted by Crippen LogP contribution is 2.20. The fraction of sp³-hybridized carbons (Fsp3) is 0.385. The van der Waals surface area contributed by atoms with E-state index in [1.165, 1.54) is 23.9 Å². The Labute approximate surface area is 115 Å². The average Bonchev–Trinajstić information content (AvgIpc) is 2.76. The molecule has 4 nitrogen and oxygen atoms in total. The van der Waals surface area contributed by atoms with E-state index in [0.717, 1.165) is 18.4 Å². The summed E-state index contributed by atoms with van der Waals surface area (Å²) in [6, 6.07) is 6.35. The molecule has 1 N–H and O–H groups in total. The van der Waals surface area contributed by atoms with Gasteiger partial charge >= 0.3 is 5.69 Å². The van der Waals surface area contributed by atoms with E-state index < -0.39 is 0 Å². The van der Waals surface area contributed by atoms with Crippen LogP contribution < -0.4 is 5.69 Å². The van der Waals surface area contributed by atoms with Gasteiger partial charge in [-0.05, 0) is 24.1 Å². The molecule has 2 aromatic rings. The van der Waals surface area contributed by atoms with Gasteiger partial charge in [0, 0.05) is 12.3 Å². The van der Waals surface area contributed by atoms with E-state index in [0.29, 0.717) is 17.5 Å². The molecule has 0 aliphatic carbocycles. The number of aromatic amines is 1. The third-order valence-electron chi connectivity index (χ3n) is 2.74. The maximum atomic E-state index is 12.8. The lowest BCUT2D eigenvalue weighted by molar-refractivity contribution is 0.573. The molecule has 0 atom stereocenters. The molecule has 0 aliphatic heterocycles. The zero-order valence-electron chi connectivity index (χ0n) is 10.7. The molecule has 0 amide bonds. The number of thioether (sulfide) groups is 1. The third kappa shape index (κ3) is 3.70. The van der Waals surface area contributed by atoms with Crippen LogP contribution in [0.15, 0.2) is 34.2 Å². The largest absolute Gasteiger partial charge is 0.343 e. The van der Waals surface area contributed by atoms with Crippen LogP contribution in [0.25, 0.3) is 0 Å². The van der Waals surface area contributed by atoms with Crippen LogP contribution in [0.3, 0.4) is 0 Å². The van der Waals surface area contributed by atoms with Crippen LogP contribution in [0.4, 0.5) is 4.39 Å². The molecule has 2 rings (SSSR count). The Balaban J connectivity index is 2.03. The number of rotatable bonds is 6. The number of hydrogen-bond acceptors (Lipinski definition) is 3. The summed E-state index contributed by atoms with van der Waals surface area (Å²) in [5, 5.41) is 7.17. The molecule has 0 saturated heterocycles. The highest BCUT2D eigenvalue weighted by Gasteiger charge is 2.08. The Morgan fingerprint density at radius 2 is 2.11 bits per heavy atom. The molecule has 0 saturated carbocycles. The second-order valence-corrected chi connectivity index (χ2v) is 5.17. The summed E-state index contributed by atoms with van der Waals surface area (Å²) in [5.74, 6) is 0.421. The molecule has 0 unspecified atom stereocenters. The zero-order chi connectivity index (χ0) is 13.7. The van der Waals surface area contributed by atoms with E-state index >= 15 is 0 Å². The average molecular weight is 281 g/mol. The van der Waals surface area contributed by atoms with Gasteiger partial charge in [-0.25, -0.2) is 14.3 Å². The van der Waals surface area contributed by atoms with Gasteiger partial charge in [-0.3, -0.25) is 4.57 Å². The van der Waals surface area contributed by atoms with Crippen molar-refractivity contribution in [2.45, 2.75) is 37.2 Å². The summed E-state index contributed by atoms with van der Waals surface area (Å²) in [7, 11) is 0. The van der Waals surface area contributed by atoms with Gasteiger partial charge in [0.05, 0.1) is 0 Å². The highest BCUT2D eigenvalue weighted by atomic mass is 32.2. The lowest BCUT2D eigenvalue weighted by Gasteiger charge is -2.04. The molecule has 0 aliphatic rings. The number of benzene rings is 1. The van der Waals surface area contributed by atoms with Crippen LogP contribution in [-0.4, -0.2) is 14.8 Å². The van der Waals surface area contributed by atoms with Crippen molar-refractivity contribution in [2.75, 3.05) is 0 Å². The molecular weight excluding hydrogens is 265 g/mol. The van der Waals surface area contributed by atoms with Gasteiger partial charge in [-0.15, -0.1) is 5.10 Å². The molecule has 0 radical (unpaired) electrons. The normalized spacial score (nSPS) is 10.8. The van der Waals surface area contributed by atoms with Gasteiger partial charge in [0.2, 0.25) is 0 Å². The molecule has 0 bridgehead atoms. The number of nitrogens with zero attached hydrogens (tertiary/aromatic N) is 2. The minimum Gasteiger partial charge on any atom is -0.270 e. The molecular formula is C13H16FN3OS. The zero-order valence-corrected chi connectivity index (χ0v) is 11.5. The summed E-state index contributed by atoms with van der Waals surface area (Å²) in [6.07, 6.45) is 1.98. The Morgan fingerprint density at radius 3 is 2.79 bits per heavy atom. The van der Waals surface area contributed by atoms with Gasteiger partial charge in [0.1, 0.15) is 5.82 Å². The maximum absolute atomic E-state index is 12.8. The number of unbranched alkanes of at least 4 members (excludes halogenated alkanes) is 1. The van der Waals surface area contributed by atoms with Crippen molar-refractivity contribution in [3.05, 3.63) is 46.1 Å². The fourth-order valence-corrected chi connectivity index (χ4v) is 2.58. The molecule has 1 aromatic carbocycles. The summed E-state index contributed by atoms with van der Waals surface area (Å²) < 4.78 is 14.4. The van der Waals surface area contributed by atoms with Crippen LogP contribution in [0.1, 0.15) is 25.3 Å². The molecule has 0 spiro atoms. The second kappa shape index (κ2) is 6.56. The standard InChI is InChI=1S/C13H16FN3OS/c1-2-3-8-17-12(18)15-16-13(17)19-9-10-4-6-11(14)7-5-10/h4-7H,2-3,8-9H2,1H3,(H,15,18). The first-order chi connectivity index (χ1) is 9.20. The Bertz CT molecular complexity index is 576. The topological polar surface area (TPSA) is 50.7 Å². The molecule has 102 valence electrons. The fourth-order valence-electron chi connectivity index (χ4n) is 1.66. The van der Waals surface area contributed by atoms with Crippen molar-refractivity contribution in [2.24, 2.45) is 0 Å². The first-order valence-electron chi connectivity index (χ1n) is 6.23. The van der Waals surface area contributed by atoms with Gasteiger partial charge < -0.3 is 0 Å². The molecule has 0 fully saturated rings. The number of nitrogens with one attached hydrogen (secondary N) is 1. The lowest BCUT2D eigenvalue weighted by Crippen LogP contribution is -2.17. The van der Waals surface area contributed by atoms with Crippen molar-refractivity contribution < 1.29 is 4.39 Å². The van der Waals surface area contributed by atoms with Crippen molar-refractivity contribution in [1.82, 2.24) is 14.8 Å². The maximum Gasteiger partial charge on any atom is 0.343 e. The molecule has 19 heavy (non-hydrogen) atoms. The molecule has 6 heteroatoms. The highest BCUT2D eigenvalue weighted by molar-refractivity contribution is 7.98. The van der Waals surface area contributed by atoms with Crippen LogP contribution in [-0.2, 0) is 12.3 Å². The van der Waals surface area contributed by atoms with Crippen molar-refractivity contribution >= 4 is 11.8 Å². The van der Waals surface area contributed by atoms with E-state index in [2.05, 4.69) is 17.1 Å². The minimum atomic E-state index is -0.242. The van der Waals surface area contributed by atoms with Gasteiger partial charge in [-0.1, -0.05) is 37.2 Å². The van der Waals surface area contributed by atoms with Gasteiger partial charge in [0.25, 0.3) is 0 Å². The predicted octanol–water partition coefficient (Wildman–Crippen LogP) is 2.80. The Morgan fingerprint density at radius 1 is 1.37 bits per heavy atom. The van der Waals surface area contributed by atoms with E-state index in [-0.39, 0.29) is 11.5 Å². The smallest absolute Gasteiger partial charge is 0.270 e. The van der Waals surface area contributed by atoms with E-state index in [4.69, 9.17) is 0 Å².